The van der Waals surface area contributed by atoms with Crippen LogP contribution >= 0.6 is 24.2 Å². The molecule has 110 valence electrons. The Morgan fingerprint density at radius 2 is 1.86 bits per heavy atom. The Balaban J connectivity index is 2.17. The first-order chi connectivity index (χ1) is 10.0. The zero-order valence-corrected chi connectivity index (χ0v) is 13.3. The van der Waals surface area contributed by atoms with E-state index in [9.17, 15) is 4.79 Å². The quantitative estimate of drug-likeness (QED) is 0.724. The van der Waals surface area contributed by atoms with Crippen LogP contribution in [-0.2, 0) is 0 Å². The minimum Gasteiger partial charge on any atom is -0.495 e. The Morgan fingerprint density at radius 1 is 1.19 bits per heavy atom. The number of carbonyl (C=O) groups excluding carboxylic acids is 1. The number of benzene rings is 2. The number of halogens is 1. The molecule has 0 aromatic heterocycles. The van der Waals surface area contributed by atoms with Crippen LogP contribution in [0.5, 0.6) is 5.75 Å². The number of urea groups is 1. The van der Waals surface area contributed by atoms with E-state index < -0.39 is 0 Å². The number of rotatable bonds is 3. The van der Waals surface area contributed by atoms with Crippen molar-refractivity contribution in [3.8, 4) is 5.75 Å². The molecule has 0 aliphatic heterocycles. The third-order valence-electron chi connectivity index (χ3n) is 2.88. The highest BCUT2D eigenvalue weighted by Crippen LogP contribution is 2.31. The third kappa shape index (κ3) is 3.83. The summed E-state index contributed by atoms with van der Waals surface area (Å²) < 4.78 is 5.21. The summed E-state index contributed by atoms with van der Waals surface area (Å²) in [5, 5.41) is 6.05. The van der Waals surface area contributed by atoms with E-state index in [2.05, 4.69) is 23.3 Å². The fraction of sp³-hybridized carbons (Fsp3) is 0.133. The molecule has 2 aromatic rings. The number of nitrogens with one attached hydrogen (secondary N) is 2. The van der Waals surface area contributed by atoms with Crippen molar-refractivity contribution in [2.24, 2.45) is 0 Å². The summed E-state index contributed by atoms with van der Waals surface area (Å²) in [6.07, 6.45) is 0. The van der Waals surface area contributed by atoms with Gasteiger partial charge in [-0.3, -0.25) is 0 Å². The number of amides is 2. The zero-order valence-electron chi connectivity index (χ0n) is 11.6. The van der Waals surface area contributed by atoms with Gasteiger partial charge in [0.1, 0.15) is 5.75 Å². The summed E-state index contributed by atoms with van der Waals surface area (Å²) in [5.74, 6) is 0.500. The van der Waals surface area contributed by atoms with Crippen LogP contribution in [0.3, 0.4) is 0 Å². The molecule has 2 N–H and O–H groups in total. The van der Waals surface area contributed by atoms with Crippen LogP contribution in [0.1, 0.15) is 5.56 Å². The number of hydrogen-bond donors (Lipinski definition) is 3. The number of ether oxygens (including phenoxy) is 1. The molecule has 0 saturated carbocycles. The van der Waals surface area contributed by atoms with Crippen LogP contribution in [0, 0.1) is 6.92 Å². The maximum absolute atomic E-state index is 12.1. The number of anilines is 2. The van der Waals surface area contributed by atoms with E-state index in [1.54, 1.807) is 24.3 Å². The van der Waals surface area contributed by atoms with E-state index >= 15 is 0 Å². The van der Waals surface area contributed by atoms with Crippen molar-refractivity contribution in [2.45, 2.75) is 11.8 Å². The van der Waals surface area contributed by atoms with Gasteiger partial charge in [0.2, 0.25) is 0 Å². The van der Waals surface area contributed by atoms with Crippen molar-refractivity contribution in [1.29, 1.82) is 0 Å². The van der Waals surface area contributed by atoms with Crippen molar-refractivity contribution in [2.75, 3.05) is 17.7 Å². The van der Waals surface area contributed by atoms with E-state index in [1.807, 2.05) is 19.1 Å². The molecule has 0 atom stereocenters. The van der Waals surface area contributed by atoms with Crippen LogP contribution in [-0.4, -0.2) is 13.1 Å². The fourth-order valence-electron chi connectivity index (χ4n) is 1.79. The Hall–Kier alpha value is -1.85. The largest absolute Gasteiger partial charge is 0.495 e. The number of methoxy groups -OCH3 is 1. The van der Waals surface area contributed by atoms with Crippen molar-refractivity contribution in [1.82, 2.24) is 0 Å². The van der Waals surface area contributed by atoms with Crippen LogP contribution in [0.15, 0.2) is 41.3 Å². The van der Waals surface area contributed by atoms with E-state index in [1.165, 1.54) is 7.11 Å². The molecule has 0 saturated heterocycles. The van der Waals surface area contributed by atoms with Gasteiger partial charge in [0.25, 0.3) is 0 Å². The predicted molar refractivity (Wildman–Crippen MR) is 89.1 cm³/mol. The summed E-state index contributed by atoms with van der Waals surface area (Å²) in [6.45, 7) is 1.86. The second-order valence-electron chi connectivity index (χ2n) is 4.40. The Morgan fingerprint density at radius 3 is 2.52 bits per heavy atom. The summed E-state index contributed by atoms with van der Waals surface area (Å²) in [5.41, 5.74) is 2.03. The Bertz CT molecular complexity index is 677. The van der Waals surface area contributed by atoms with Gasteiger partial charge in [-0.15, -0.1) is 12.6 Å². The Labute approximate surface area is 133 Å². The molecule has 0 aliphatic rings. The number of thiol groups is 1. The molecular formula is C15H15ClN2O2S. The molecule has 2 aromatic carbocycles. The molecule has 2 amide bonds. The van der Waals surface area contributed by atoms with Crippen LogP contribution in [0.25, 0.3) is 0 Å². The highest BCUT2D eigenvalue weighted by Gasteiger charge is 2.11. The van der Waals surface area contributed by atoms with Crippen molar-refractivity contribution in [3.05, 3.63) is 47.0 Å². The fourth-order valence-corrected chi connectivity index (χ4v) is 2.16. The van der Waals surface area contributed by atoms with Gasteiger partial charge in [-0.05, 0) is 30.7 Å². The van der Waals surface area contributed by atoms with E-state index in [4.69, 9.17) is 16.3 Å². The van der Waals surface area contributed by atoms with Gasteiger partial charge in [-0.2, -0.15) is 0 Å². The molecule has 0 heterocycles. The zero-order chi connectivity index (χ0) is 15.4. The molecule has 21 heavy (non-hydrogen) atoms. The number of hydrogen-bond acceptors (Lipinski definition) is 3. The van der Waals surface area contributed by atoms with E-state index in [0.717, 1.165) is 5.56 Å². The van der Waals surface area contributed by atoms with Gasteiger partial charge >= 0.3 is 6.03 Å². The number of para-hydroxylation sites is 1. The maximum atomic E-state index is 12.1. The molecule has 0 unspecified atom stereocenters. The highest BCUT2D eigenvalue weighted by molar-refractivity contribution is 7.80. The smallest absolute Gasteiger partial charge is 0.323 e. The molecule has 0 aliphatic carbocycles. The summed E-state index contributed by atoms with van der Waals surface area (Å²) in [4.78, 5) is 12.7. The number of aryl methyl sites for hydroxylation is 1. The predicted octanol–water partition coefficient (Wildman–Crippen LogP) is 4.59. The summed E-state index contributed by atoms with van der Waals surface area (Å²) in [7, 11) is 1.52. The molecular weight excluding hydrogens is 308 g/mol. The SMILES string of the molecule is COc1cc(Cl)c(C)cc1NC(=O)Nc1ccccc1S. The van der Waals surface area contributed by atoms with Crippen LogP contribution < -0.4 is 15.4 Å². The lowest BCUT2D eigenvalue weighted by atomic mass is 10.2. The topological polar surface area (TPSA) is 50.4 Å². The van der Waals surface area contributed by atoms with Crippen LogP contribution in [0.4, 0.5) is 16.2 Å². The van der Waals surface area contributed by atoms with Gasteiger partial charge < -0.3 is 15.4 Å². The summed E-state index contributed by atoms with van der Waals surface area (Å²) >= 11 is 10.3. The third-order valence-corrected chi connectivity index (χ3v) is 3.68. The lowest BCUT2D eigenvalue weighted by Gasteiger charge is -2.13. The molecule has 4 nitrogen and oxygen atoms in total. The lowest BCUT2D eigenvalue weighted by Crippen LogP contribution is -2.20. The second kappa shape index (κ2) is 6.74. The molecule has 0 spiro atoms. The average molecular weight is 323 g/mol. The van der Waals surface area contributed by atoms with Gasteiger partial charge in [-0.25, -0.2) is 4.79 Å². The van der Waals surface area contributed by atoms with Gasteiger partial charge in [0, 0.05) is 16.0 Å². The van der Waals surface area contributed by atoms with Crippen molar-refractivity contribution < 1.29 is 9.53 Å². The highest BCUT2D eigenvalue weighted by atomic mass is 35.5. The van der Waals surface area contributed by atoms with E-state index in [0.29, 0.717) is 27.0 Å². The molecule has 0 bridgehead atoms. The Kier molecular flexibility index (Phi) is 4.98. The molecule has 0 fully saturated rings. The molecule has 0 radical (unpaired) electrons. The van der Waals surface area contributed by atoms with Gasteiger partial charge in [0.15, 0.2) is 0 Å². The first-order valence-electron chi connectivity index (χ1n) is 6.21. The van der Waals surface area contributed by atoms with E-state index in [-0.39, 0.29) is 6.03 Å². The summed E-state index contributed by atoms with van der Waals surface area (Å²) in [6, 6.07) is 10.3. The maximum Gasteiger partial charge on any atom is 0.323 e. The average Bonchev–Trinajstić information content (AvgIpc) is 2.45. The first kappa shape index (κ1) is 15.5. The van der Waals surface area contributed by atoms with Crippen molar-refractivity contribution in [3.63, 3.8) is 0 Å². The van der Waals surface area contributed by atoms with Gasteiger partial charge in [-0.1, -0.05) is 23.7 Å². The molecule has 6 heteroatoms. The minimum absolute atomic E-state index is 0.378. The number of carbonyl (C=O) groups is 1. The monoisotopic (exact) mass is 322 g/mol. The first-order valence-corrected chi connectivity index (χ1v) is 7.04. The molecule has 2 rings (SSSR count). The normalized spacial score (nSPS) is 10.1. The lowest BCUT2D eigenvalue weighted by molar-refractivity contribution is 0.262. The van der Waals surface area contributed by atoms with Crippen molar-refractivity contribution >= 4 is 41.6 Å². The minimum atomic E-state index is -0.378. The van der Waals surface area contributed by atoms with Gasteiger partial charge in [0.05, 0.1) is 18.5 Å². The second-order valence-corrected chi connectivity index (χ2v) is 5.29. The standard InChI is InChI=1S/C15H15ClN2O2S/c1-9-7-12(13(20-2)8-10(9)16)18-15(19)17-11-5-3-4-6-14(11)21/h3-8,21H,1-2H3,(H2,17,18,19). The van der Waals surface area contributed by atoms with Crippen LogP contribution in [0.2, 0.25) is 5.02 Å².